The minimum absolute atomic E-state index is 0.0574. The summed E-state index contributed by atoms with van der Waals surface area (Å²) in [5.74, 6) is -1.71. The van der Waals surface area contributed by atoms with Crippen LogP contribution in [0.5, 0.6) is 0 Å². The van der Waals surface area contributed by atoms with Crippen molar-refractivity contribution >= 4 is 45.0 Å². The van der Waals surface area contributed by atoms with E-state index in [0.29, 0.717) is 13.1 Å². The summed E-state index contributed by atoms with van der Waals surface area (Å²) in [5.41, 5.74) is 0.704. The third kappa shape index (κ3) is 3.92. The molecule has 2 aromatic carbocycles. The van der Waals surface area contributed by atoms with Crippen LogP contribution in [-0.4, -0.2) is 54.5 Å². The molecule has 1 unspecified atom stereocenters. The smallest absolute Gasteiger partial charge is 0.262 e. The zero-order valence-electron chi connectivity index (χ0n) is 17.4. The van der Waals surface area contributed by atoms with Crippen molar-refractivity contribution in [2.24, 2.45) is 0 Å². The van der Waals surface area contributed by atoms with E-state index in [-0.39, 0.29) is 26.7 Å². The number of hydrogen-bond acceptors (Lipinski definition) is 5. The second-order valence-corrected chi connectivity index (χ2v) is 10.1. The minimum atomic E-state index is -3.81. The van der Waals surface area contributed by atoms with Gasteiger partial charge in [0.25, 0.3) is 11.8 Å². The maximum absolute atomic E-state index is 13.0. The number of nitrogens with zero attached hydrogens (tertiary/aromatic N) is 2. The number of amides is 3. The molecule has 0 aliphatic carbocycles. The van der Waals surface area contributed by atoms with Crippen LogP contribution in [0.15, 0.2) is 47.4 Å². The molecular formula is C22H22ClN3O5S. The largest absolute Gasteiger partial charge is 0.324 e. The lowest BCUT2D eigenvalue weighted by molar-refractivity contribution is -0.119. The third-order valence-corrected chi connectivity index (χ3v) is 8.10. The molecule has 2 heterocycles. The van der Waals surface area contributed by atoms with E-state index in [2.05, 4.69) is 5.32 Å². The topological polar surface area (TPSA) is 104 Å². The molecule has 32 heavy (non-hydrogen) atoms. The van der Waals surface area contributed by atoms with Gasteiger partial charge in [-0.3, -0.25) is 19.3 Å². The van der Waals surface area contributed by atoms with Crippen molar-refractivity contribution in [3.05, 3.63) is 58.6 Å². The molecule has 4 rings (SSSR count). The Balaban J connectivity index is 1.55. The summed E-state index contributed by atoms with van der Waals surface area (Å²) >= 11 is 6.18. The summed E-state index contributed by atoms with van der Waals surface area (Å²) < 4.78 is 27.5. The van der Waals surface area contributed by atoms with Gasteiger partial charge in [-0.2, -0.15) is 4.31 Å². The van der Waals surface area contributed by atoms with Crippen LogP contribution in [0.25, 0.3) is 0 Å². The Morgan fingerprint density at radius 2 is 1.59 bits per heavy atom. The number of carbonyl (C=O) groups excluding carboxylic acids is 3. The van der Waals surface area contributed by atoms with Gasteiger partial charge in [0.05, 0.1) is 16.1 Å². The Bertz CT molecular complexity index is 1170. The van der Waals surface area contributed by atoms with E-state index in [1.54, 1.807) is 12.1 Å². The summed E-state index contributed by atoms with van der Waals surface area (Å²) in [6.07, 6.45) is 2.54. The number of benzene rings is 2. The van der Waals surface area contributed by atoms with Crippen molar-refractivity contribution in [3.8, 4) is 0 Å². The van der Waals surface area contributed by atoms with Crippen LogP contribution in [0.4, 0.5) is 5.69 Å². The Labute approximate surface area is 191 Å². The molecule has 0 spiro atoms. The van der Waals surface area contributed by atoms with Gasteiger partial charge < -0.3 is 5.32 Å². The standard InChI is InChI=1S/C22H22ClN3O5S/c1-14(26-21(28)16-7-3-4-8-17(16)22(26)29)20(27)24-15-9-10-18(23)19(13-15)32(30,31)25-11-5-2-6-12-25/h3-4,7-10,13-14H,2,5-6,11-12H2,1H3,(H,24,27). The third-order valence-electron chi connectivity index (χ3n) is 5.72. The number of fused-ring (bicyclic) bond motifs is 1. The minimum Gasteiger partial charge on any atom is -0.324 e. The van der Waals surface area contributed by atoms with Gasteiger partial charge in [0.1, 0.15) is 10.9 Å². The van der Waals surface area contributed by atoms with Gasteiger partial charge in [-0.1, -0.05) is 30.2 Å². The Hall–Kier alpha value is -2.75. The highest BCUT2D eigenvalue weighted by Gasteiger charge is 2.40. The van der Waals surface area contributed by atoms with E-state index in [1.165, 1.54) is 41.6 Å². The second kappa shape index (κ2) is 8.65. The van der Waals surface area contributed by atoms with Gasteiger partial charge in [0, 0.05) is 18.8 Å². The maximum atomic E-state index is 13.0. The molecular weight excluding hydrogens is 454 g/mol. The highest BCUT2D eigenvalue weighted by atomic mass is 35.5. The number of carbonyl (C=O) groups is 3. The first-order valence-corrected chi connectivity index (χ1v) is 12.1. The van der Waals surface area contributed by atoms with Crippen molar-refractivity contribution in [1.29, 1.82) is 0 Å². The van der Waals surface area contributed by atoms with Crippen LogP contribution in [0, 0.1) is 0 Å². The molecule has 2 aliphatic heterocycles. The Kier molecular flexibility index (Phi) is 6.07. The Morgan fingerprint density at radius 3 is 2.19 bits per heavy atom. The van der Waals surface area contributed by atoms with Crippen LogP contribution in [0.2, 0.25) is 5.02 Å². The summed E-state index contributed by atoms with van der Waals surface area (Å²) in [7, 11) is -3.81. The monoisotopic (exact) mass is 475 g/mol. The predicted molar refractivity (Wildman–Crippen MR) is 119 cm³/mol. The fourth-order valence-electron chi connectivity index (χ4n) is 3.95. The fourth-order valence-corrected chi connectivity index (χ4v) is 5.96. The predicted octanol–water partition coefficient (Wildman–Crippen LogP) is 3.14. The lowest BCUT2D eigenvalue weighted by Gasteiger charge is -2.26. The van der Waals surface area contributed by atoms with Crippen molar-refractivity contribution in [2.45, 2.75) is 37.1 Å². The molecule has 1 fully saturated rings. The van der Waals surface area contributed by atoms with Crippen LogP contribution in [0.3, 0.4) is 0 Å². The molecule has 1 atom stereocenters. The number of hydrogen-bond donors (Lipinski definition) is 1. The molecule has 168 valence electrons. The van der Waals surface area contributed by atoms with Gasteiger partial charge in [-0.05, 0) is 50.1 Å². The highest BCUT2D eigenvalue weighted by molar-refractivity contribution is 7.89. The van der Waals surface area contributed by atoms with Crippen molar-refractivity contribution in [1.82, 2.24) is 9.21 Å². The summed E-state index contributed by atoms with van der Waals surface area (Å²) in [6.45, 7) is 2.29. The van der Waals surface area contributed by atoms with Crippen LogP contribution < -0.4 is 5.32 Å². The van der Waals surface area contributed by atoms with Crippen molar-refractivity contribution < 1.29 is 22.8 Å². The summed E-state index contributed by atoms with van der Waals surface area (Å²) in [6, 6.07) is 9.46. The molecule has 10 heteroatoms. The number of sulfonamides is 1. The normalized spacial score (nSPS) is 17.9. The molecule has 8 nitrogen and oxygen atoms in total. The fraction of sp³-hybridized carbons (Fsp3) is 0.318. The van der Waals surface area contributed by atoms with Crippen LogP contribution in [-0.2, 0) is 14.8 Å². The van der Waals surface area contributed by atoms with E-state index in [4.69, 9.17) is 11.6 Å². The molecule has 1 saturated heterocycles. The molecule has 3 amide bonds. The Morgan fingerprint density at radius 1 is 1.00 bits per heavy atom. The average molecular weight is 476 g/mol. The van der Waals surface area contributed by atoms with E-state index in [0.717, 1.165) is 24.2 Å². The summed E-state index contributed by atoms with van der Waals surface area (Å²) in [4.78, 5) is 38.9. The number of piperidine rings is 1. The van der Waals surface area contributed by atoms with Crippen LogP contribution in [0.1, 0.15) is 46.9 Å². The first-order chi connectivity index (χ1) is 15.2. The molecule has 1 N–H and O–H groups in total. The van der Waals surface area contributed by atoms with Gasteiger partial charge >= 0.3 is 0 Å². The number of rotatable bonds is 5. The van der Waals surface area contributed by atoms with Gasteiger partial charge in [-0.15, -0.1) is 0 Å². The molecule has 0 saturated carbocycles. The first-order valence-electron chi connectivity index (χ1n) is 10.3. The molecule has 0 radical (unpaired) electrons. The van der Waals surface area contributed by atoms with Crippen molar-refractivity contribution in [2.75, 3.05) is 18.4 Å². The zero-order valence-corrected chi connectivity index (χ0v) is 18.9. The lowest BCUT2D eigenvalue weighted by atomic mass is 10.1. The van der Waals surface area contributed by atoms with Crippen molar-refractivity contribution in [3.63, 3.8) is 0 Å². The highest BCUT2D eigenvalue weighted by Crippen LogP contribution is 2.30. The molecule has 0 aromatic heterocycles. The SMILES string of the molecule is CC(C(=O)Nc1ccc(Cl)c(S(=O)(=O)N2CCCCC2)c1)N1C(=O)c2ccccc2C1=O. The molecule has 2 aromatic rings. The lowest BCUT2D eigenvalue weighted by Crippen LogP contribution is -2.45. The number of imide groups is 1. The molecule has 2 aliphatic rings. The van der Waals surface area contributed by atoms with E-state index < -0.39 is 33.8 Å². The number of nitrogens with one attached hydrogen (secondary N) is 1. The van der Waals surface area contributed by atoms with Gasteiger partial charge in [-0.25, -0.2) is 8.42 Å². The maximum Gasteiger partial charge on any atom is 0.262 e. The molecule has 0 bridgehead atoms. The average Bonchev–Trinajstić information content (AvgIpc) is 3.05. The van der Waals surface area contributed by atoms with Crippen LogP contribution >= 0.6 is 11.6 Å². The van der Waals surface area contributed by atoms with Gasteiger partial charge in [0.2, 0.25) is 15.9 Å². The summed E-state index contributed by atoms with van der Waals surface area (Å²) in [5, 5.41) is 2.66. The zero-order chi connectivity index (χ0) is 23.0. The van der Waals surface area contributed by atoms with Gasteiger partial charge in [0.15, 0.2) is 0 Å². The first kappa shape index (κ1) is 22.4. The van der Waals surface area contributed by atoms with E-state index in [1.807, 2.05) is 0 Å². The van der Waals surface area contributed by atoms with E-state index >= 15 is 0 Å². The second-order valence-electron chi connectivity index (χ2n) is 7.80. The quantitative estimate of drug-likeness (QED) is 0.669. The number of anilines is 1. The number of halogens is 1. The van der Waals surface area contributed by atoms with E-state index in [9.17, 15) is 22.8 Å².